The van der Waals surface area contributed by atoms with Crippen LogP contribution in [0.2, 0.25) is 0 Å². The fourth-order valence-electron chi connectivity index (χ4n) is 1.76. The minimum atomic E-state index is -0.578. The molecule has 0 aromatic carbocycles. The summed E-state index contributed by atoms with van der Waals surface area (Å²) < 4.78 is 0. The summed E-state index contributed by atoms with van der Waals surface area (Å²) in [6.45, 7) is 6.23. The van der Waals surface area contributed by atoms with Crippen molar-refractivity contribution in [2.45, 2.75) is 45.6 Å². The van der Waals surface area contributed by atoms with Gasteiger partial charge in [-0.25, -0.2) is 0 Å². The smallest absolute Gasteiger partial charge is 0.223 e. The highest BCUT2D eigenvalue weighted by Crippen LogP contribution is 2.24. The highest BCUT2D eigenvalue weighted by Gasteiger charge is 2.39. The first-order chi connectivity index (χ1) is 6.00. The summed E-state index contributed by atoms with van der Waals surface area (Å²) in [4.78, 5) is 24.8. The molecule has 0 aliphatic carbocycles. The van der Waals surface area contributed by atoms with E-state index in [0.717, 1.165) is 13.0 Å². The molecule has 1 amide bonds. The highest BCUT2D eigenvalue weighted by atomic mass is 16.2. The Bertz CT molecular complexity index is 233. The Labute approximate surface area is 79.1 Å². The van der Waals surface area contributed by atoms with Crippen molar-refractivity contribution in [2.75, 3.05) is 6.54 Å². The van der Waals surface area contributed by atoms with E-state index in [2.05, 4.69) is 0 Å². The Hall–Kier alpha value is -0.860. The van der Waals surface area contributed by atoms with Crippen molar-refractivity contribution in [2.24, 2.45) is 0 Å². The molecule has 1 aliphatic rings. The molecule has 1 aliphatic heterocycles. The highest BCUT2D eigenvalue weighted by molar-refractivity contribution is 5.93. The van der Waals surface area contributed by atoms with E-state index in [0.29, 0.717) is 12.8 Å². The molecule has 0 unspecified atom stereocenters. The zero-order valence-electron chi connectivity index (χ0n) is 8.59. The molecule has 1 rings (SSSR count). The first-order valence-corrected chi connectivity index (χ1v) is 4.84. The number of nitrogens with zero attached hydrogens (tertiary/aromatic N) is 1. The predicted octanol–water partition coefficient (Wildman–Crippen LogP) is 1.37. The standard InChI is InChI=1S/C10H17NO2/c1-4-9(13)11-7-5-6-8(12)10(11,2)3/h4-7H2,1-3H3. The maximum absolute atomic E-state index is 11.6. The Morgan fingerprint density at radius 2 is 2.15 bits per heavy atom. The average molecular weight is 183 g/mol. The van der Waals surface area contributed by atoms with E-state index in [9.17, 15) is 9.59 Å². The van der Waals surface area contributed by atoms with Crippen LogP contribution in [0.1, 0.15) is 40.0 Å². The van der Waals surface area contributed by atoms with Crippen LogP contribution in [0, 0.1) is 0 Å². The van der Waals surface area contributed by atoms with Gasteiger partial charge in [0, 0.05) is 19.4 Å². The lowest BCUT2D eigenvalue weighted by Crippen LogP contribution is -2.56. The summed E-state index contributed by atoms with van der Waals surface area (Å²) in [6, 6.07) is 0. The Balaban J connectivity index is 2.83. The van der Waals surface area contributed by atoms with Crippen LogP contribution in [-0.2, 0) is 9.59 Å². The number of hydrogen-bond donors (Lipinski definition) is 0. The number of ketones is 1. The van der Waals surface area contributed by atoms with E-state index in [-0.39, 0.29) is 11.7 Å². The third-order valence-electron chi connectivity index (χ3n) is 2.75. The molecule has 0 saturated carbocycles. The lowest BCUT2D eigenvalue weighted by Gasteiger charge is -2.40. The lowest BCUT2D eigenvalue weighted by molar-refractivity contribution is -0.147. The Morgan fingerprint density at radius 3 is 2.69 bits per heavy atom. The molecular formula is C10H17NO2. The normalized spacial score (nSPS) is 21.8. The summed E-state index contributed by atoms with van der Waals surface area (Å²) in [7, 11) is 0. The first kappa shape index (κ1) is 10.2. The molecule has 13 heavy (non-hydrogen) atoms. The molecule has 0 spiro atoms. The van der Waals surface area contributed by atoms with Crippen molar-refractivity contribution in [1.82, 2.24) is 4.90 Å². The zero-order chi connectivity index (χ0) is 10.1. The van der Waals surface area contributed by atoms with Gasteiger partial charge in [0.25, 0.3) is 0 Å². The number of piperidine rings is 1. The van der Waals surface area contributed by atoms with Gasteiger partial charge in [0.1, 0.15) is 0 Å². The van der Waals surface area contributed by atoms with Crippen LogP contribution in [0.15, 0.2) is 0 Å². The fraction of sp³-hybridized carbons (Fsp3) is 0.800. The molecule has 0 radical (unpaired) electrons. The van der Waals surface area contributed by atoms with Crippen molar-refractivity contribution in [3.63, 3.8) is 0 Å². The summed E-state index contributed by atoms with van der Waals surface area (Å²) in [6.07, 6.45) is 1.91. The Morgan fingerprint density at radius 1 is 1.54 bits per heavy atom. The summed E-state index contributed by atoms with van der Waals surface area (Å²) in [5, 5.41) is 0. The van der Waals surface area contributed by atoms with Gasteiger partial charge in [0.15, 0.2) is 5.78 Å². The van der Waals surface area contributed by atoms with Gasteiger partial charge in [-0.15, -0.1) is 0 Å². The Kier molecular flexibility index (Phi) is 2.74. The van der Waals surface area contributed by atoms with E-state index >= 15 is 0 Å². The minimum absolute atomic E-state index is 0.0815. The van der Waals surface area contributed by atoms with Crippen LogP contribution in [0.3, 0.4) is 0 Å². The number of hydrogen-bond acceptors (Lipinski definition) is 2. The molecule has 3 heteroatoms. The van der Waals surface area contributed by atoms with Crippen LogP contribution in [-0.4, -0.2) is 28.7 Å². The maximum atomic E-state index is 11.6. The van der Waals surface area contributed by atoms with E-state index in [1.807, 2.05) is 20.8 Å². The summed E-state index contributed by atoms with van der Waals surface area (Å²) >= 11 is 0. The number of likely N-dealkylation sites (tertiary alicyclic amines) is 1. The second kappa shape index (κ2) is 3.48. The van der Waals surface area contributed by atoms with Crippen molar-refractivity contribution in [3.8, 4) is 0 Å². The van der Waals surface area contributed by atoms with Gasteiger partial charge in [-0.05, 0) is 20.3 Å². The molecule has 0 aromatic rings. The van der Waals surface area contributed by atoms with E-state index in [1.54, 1.807) is 4.90 Å². The average Bonchev–Trinajstić information content (AvgIpc) is 2.08. The number of amides is 1. The van der Waals surface area contributed by atoms with Crippen molar-refractivity contribution < 1.29 is 9.59 Å². The predicted molar refractivity (Wildman–Crippen MR) is 50.3 cm³/mol. The topological polar surface area (TPSA) is 37.4 Å². The molecule has 74 valence electrons. The van der Waals surface area contributed by atoms with Gasteiger partial charge < -0.3 is 4.90 Å². The van der Waals surface area contributed by atoms with Crippen LogP contribution < -0.4 is 0 Å². The number of rotatable bonds is 1. The molecule has 3 nitrogen and oxygen atoms in total. The minimum Gasteiger partial charge on any atom is -0.331 e. The summed E-state index contributed by atoms with van der Waals surface area (Å²) in [5.74, 6) is 0.263. The molecule has 1 fully saturated rings. The van der Waals surface area contributed by atoms with Crippen LogP contribution in [0.4, 0.5) is 0 Å². The second-order valence-corrected chi connectivity index (χ2v) is 3.98. The fourth-order valence-corrected chi connectivity index (χ4v) is 1.76. The van der Waals surface area contributed by atoms with Gasteiger partial charge in [-0.2, -0.15) is 0 Å². The molecule has 1 heterocycles. The number of carbonyl (C=O) groups is 2. The zero-order valence-corrected chi connectivity index (χ0v) is 8.59. The number of carbonyl (C=O) groups excluding carboxylic acids is 2. The van der Waals surface area contributed by atoms with Crippen LogP contribution >= 0.6 is 0 Å². The van der Waals surface area contributed by atoms with Gasteiger partial charge in [-0.3, -0.25) is 9.59 Å². The van der Waals surface area contributed by atoms with Crippen molar-refractivity contribution in [1.29, 1.82) is 0 Å². The van der Waals surface area contributed by atoms with Crippen LogP contribution in [0.5, 0.6) is 0 Å². The third-order valence-corrected chi connectivity index (χ3v) is 2.75. The van der Waals surface area contributed by atoms with Crippen molar-refractivity contribution in [3.05, 3.63) is 0 Å². The quantitative estimate of drug-likeness (QED) is 0.615. The molecule has 0 bridgehead atoms. The first-order valence-electron chi connectivity index (χ1n) is 4.84. The van der Waals surface area contributed by atoms with E-state index < -0.39 is 5.54 Å². The van der Waals surface area contributed by atoms with Gasteiger partial charge >= 0.3 is 0 Å². The summed E-state index contributed by atoms with van der Waals surface area (Å²) in [5.41, 5.74) is -0.578. The SMILES string of the molecule is CCC(=O)N1CCCC(=O)C1(C)C. The molecular weight excluding hydrogens is 166 g/mol. The second-order valence-electron chi connectivity index (χ2n) is 3.98. The lowest BCUT2D eigenvalue weighted by atomic mass is 9.88. The van der Waals surface area contributed by atoms with E-state index in [1.165, 1.54) is 0 Å². The largest absolute Gasteiger partial charge is 0.331 e. The van der Waals surface area contributed by atoms with Crippen LogP contribution in [0.25, 0.3) is 0 Å². The van der Waals surface area contributed by atoms with Gasteiger partial charge in [-0.1, -0.05) is 6.92 Å². The molecule has 1 saturated heterocycles. The monoisotopic (exact) mass is 183 g/mol. The third kappa shape index (κ3) is 1.74. The van der Waals surface area contributed by atoms with Crippen molar-refractivity contribution >= 4 is 11.7 Å². The molecule has 0 N–H and O–H groups in total. The molecule has 0 aromatic heterocycles. The number of Topliss-reactive ketones (excluding diaryl/α,β-unsaturated/α-hetero) is 1. The van der Waals surface area contributed by atoms with E-state index in [4.69, 9.17) is 0 Å². The van der Waals surface area contributed by atoms with Gasteiger partial charge in [0.05, 0.1) is 5.54 Å². The maximum Gasteiger partial charge on any atom is 0.223 e. The molecule has 0 atom stereocenters. The van der Waals surface area contributed by atoms with Gasteiger partial charge in [0.2, 0.25) is 5.91 Å².